The molecule has 0 bridgehead atoms. The van der Waals surface area contributed by atoms with Crippen LogP contribution in [0.15, 0.2) is 52.3 Å². The average molecular weight is 417 g/mol. The number of hydrogen-bond acceptors (Lipinski definition) is 5. The highest BCUT2D eigenvalue weighted by atomic mass is 79.9. The van der Waals surface area contributed by atoms with Gasteiger partial charge in [0.2, 0.25) is 0 Å². The second-order valence-electron chi connectivity index (χ2n) is 4.54. The summed E-state index contributed by atoms with van der Waals surface area (Å²) in [6.45, 7) is 0. The van der Waals surface area contributed by atoms with Gasteiger partial charge in [-0.3, -0.25) is 0 Å². The molecule has 0 N–H and O–H groups in total. The van der Waals surface area contributed by atoms with E-state index in [1.165, 1.54) is 48.6 Å². The zero-order valence-electron chi connectivity index (χ0n) is 12.7. The Morgan fingerprint density at radius 2 is 1.83 bits per heavy atom. The Hall–Kier alpha value is -2.12. The number of nitrogens with zero attached hydrogens (tertiary/aromatic N) is 1. The van der Waals surface area contributed by atoms with Crippen LogP contribution >= 0.6 is 27.5 Å². The van der Waals surface area contributed by atoms with Crippen molar-refractivity contribution < 1.29 is 23.5 Å². The Kier molecular flexibility index (Phi) is 5.80. The Balaban J connectivity index is 2.75. The fourth-order valence-electron chi connectivity index (χ4n) is 2.07. The lowest BCUT2D eigenvalue weighted by Gasteiger charge is -2.24. The summed E-state index contributed by atoms with van der Waals surface area (Å²) in [5.41, 5.74) is -0.302. The highest BCUT2D eigenvalue weighted by Gasteiger charge is 2.29. The Morgan fingerprint density at radius 3 is 2.46 bits per heavy atom. The summed E-state index contributed by atoms with van der Waals surface area (Å²) in [7, 11) is 2.34. The number of hydrogen-bond donors (Lipinski definition) is 0. The van der Waals surface area contributed by atoms with E-state index in [9.17, 15) is 14.0 Å². The molecule has 8 heteroatoms. The highest BCUT2D eigenvalue weighted by Crippen LogP contribution is 2.34. The summed E-state index contributed by atoms with van der Waals surface area (Å²) in [5, 5.41) is -0.145. The van der Waals surface area contributed by atoms with Gasteiger partial charge in [0.1, 0.15) is 5.70 Å². The van der Waals surface area contributed by atoms with Gasteiger partial charge in [0.15, 0.2) is 5.82 Å². The van der Waals surface area contributed by atoms with Gasteiger partial charge in [0.05, 0.1) is 30.5 Å². The quantitative estimate of drug-likeness (QED) is 0.555. The first-order valence-electron chi connectivity index (χ1n) is 6.60. The molecule has 0 saturated heterocycles. The minimum Gasteiger partial charge on any atom is -0.465 e. The second kappa shape index (κ2) is 7.63. The molecule has 2 rings (SSSR count). The van der Waals surface area contributed by atoms with Gasteiger partial charge in [0, 0.05) is 10.7 Å². The maximum atomic E-state index is 14.5. The van der Waals surface area contributed by atoms with E-state index in [1.807, 2.05) is 0 Å². The van der Waals surface area contributed by atoms with Crippen LogP contribution in [-0.4, -0.2) is 26.2 Å². The molecule has 1 aromatic carbocycles. The van der Waals surface area contributed by atoms with Crippen LogP contribution < -0.4 is 4.90 Å². The van der Waals surface area contributed by atoms with E-state index in [0.29, 0.717) is 4.47 Å². The smallest absolute Gasteiger partial charge is 0.355 e. The third kappa shape index (κ3) is 3.52. The molecule has 1 heterocycles. The van der Waals surface area contributed by atoms with Gasteiger partial charge >= 0.3 is 11.9 Å². The van der Waals surface area contributed by atoms with Crippen LogP contribution in [0, 0.1) is 5.82 Å². The largest absolute Gasteiger partial charge is 0.465 e. The van der Waals surface area contributed by atoms with Crippen LogP contribution in [0.4, 0.5) is 10.1 Å². The molecule has 1 aliphatic rings. The van der Waals surface area contributed by atoms with Crippen LogP contribution in [0.1, 0.15) is 0 Å². The SMILES string of the molecule is COC(=O)C1=C(C(=O)OC)N(c2cc(Br)cc(Cl)c2F)C=CC=C1. The topological polar surface area (TPSA) is 55.8 Å². The Labute approximate surface area is 151 Å². The number of carbonyl (C=O) groups is 2. The van der Waals surface area contributed by atoms with Gasteiger partial charge in [-0.25, -0.2) is 14.0 Å². The van der Waals surface area contributed by atoms with Crippen molar-refractivity contribution in [3.8, 4) is 0 Å². The molecule has 0 radical (unpaired) electrons. The number of halogens is 3. The molecular formula is C16H12BrClFNO4. The van der Waals surface area contributed by atoms with E-state index in [-0.39, 0.29) is 22.0 Å². The van der Waals surface area contributed by atoms with Crippen molar-refractivity contribution in [3.63, 3.8) is 0 Å². The summed E-state index contributed by atoms with van der Waals surface area (Å²) in [6, 6.07) is 2.80. The molecular weight excluding hydrogens is 405 g/mol. The number of carbonyl (C=O) groups excluding carboxylic acids is 2. The monoisotopic (exact) mass is 415 g/mol. The van der Waals surface area contributed by atoms with Crippen molar-refractivity contribution in [2.24, 2.45) is 0 Å². The summed E-state index contributed by atoms with van der Waals surface area (Å²) in [6.07, 6.45) is 5.85. The minimum atomic E-state index is -0.831. The lowest BCUT2D eigenvalue weighted by atomic mass is 10.1. The molecule has 0 saturated carbocycles. The van der Waals surface area contributed by atoms with Crippen LogP contribution in [0.25, 0.3) is 0 Å². The normalized spacial score (nSPS) is 13.8. The van der Waals surface area contributed by atoms with Gasteiger partial charge in [-0.15, -0.1) is 0 Å². The van der Waals surface area contributed by atoms with Crippen molar-refractivity contribution >= 4 is 45.2 Å². The summed E-state index contributed by atoms with van der Waals surface area (Å²) in [4.78, 5) is 25.5. The summed E-state index contributed by atoms with van der Waals surface area (Å²) in [5.74, 6) is -2.35. The van der Waals surface area contributed by atoms with Crippen molar-refractivity contribution in [2.45, 2.75) is 0 Å². The maximum Gasteiger partial charge on any atom is 0.355 e. The number of benzene rings is 1. The number of allylic oxidation sites excluding steroid dienone is 2. The predicted molar refractivity (Wildman–Crippen MR) is 90.9 cm³/mol. The molecule has 0 spiro atoms. The van der Waals surface area contributed by atoms with Gasteiger partial charge < -0.3 is 14.4 Å². The number of ether oxygens (including phenoxy) is 2. The first-order chi connectivity index (χ1) is 11.4. The van der Waals surface area contributed by atoms with E-state index in [0.717, 1.165) is 7.11 Å². The zero-order valence-corrected chi connectivity index (χ0v) is 15.0. The second-order valence-corrected chi connectivity index (χ2v) is 5.86. The van der Waals surface area contributed by atoms with E-state index < -0.39 is 17.8 Å². The van der Waals surface area contributed by atoms with Crippen molar-refractivity contribution in [1.82, 2.24) is 0 Å². The maximum absolute atomic E-state index is 14.5. The molecule has 0 aliphatic carbocycles. The molecule has 0 amide bonds. The molecule has 1 aromatic rings. The molecule has 0 aromatic heterocycles. The minimum absolute atomic E-state index is 0.0314. The Morgan fingerprint density at radius 1 is 1.17 bits per heavy atom. The van der Waals surface area contributed by atoms with E-state index in [2.05, 4.69) is 15.9 Å². The first-order valence-corrected chi connectivity index (χ1v) is 7.77. The van der Waals surface area contributed by atoms with E-state index in [1.54, 1.807) is 0 Å². The third-order valence-electron chi connectivity index (χ3n) is 3.12. The molecule has 5 nitrogen and oxygen atoms in total. The van der Waals surface area contributed by atoms with Crippen LogP contribution in [0.3, 0.4) is 0 Å². The van der Waals surface area contributed by atoms with E-state index >= 15 is 0 Å². The summed E-state index contributed by atoms with van der Waals surface area (Å²) < 4.78 is 24.4. The van der Waals surface area contributed by atoms with Crippen molar-refractivity contribution in [2.75, 3.05) is 19.1 Å². The highest BCUT2D eigenvalue weighted by molar-refractivity contribution is 9.10. The van der Waals surface area contributed by atoms with Gasteiger partial charge in [-0.05, 0) is 24.3 Å². The molecule has 126 valence electrons. The number of anilines is 1. The molecule has 0 atom stereocenters. The van der Waals surface area contributed by atoms with Crippen LogP contribution in [-0.2, 0) is 19.1 Å². The van der Waals surface area contributed by atoms with E-state index in [4.69, 9.17) is 21.1 Å². The fourth-order valence-corrected chi connectivity index (χ4v) is 2.86. The molecule has 0 unspecified atom stereocenters. The lowest BCUT2D eigenvalue weighted by Crippen LogP contribution is -2.27. The van der Waals surface area contributed by atoms with Gasteiger partial charge in [-0.1, -0.05) is 33.6 Å². The predicted octanol–water partition coefficient (Wildman–Crippen LogP) is 3.73. The molecule has 0 fully saturated rings. The Bertz CT molecular complexity index is 789. The van der Waals surface area contributed by atoms with Crippen LogP contribution in [0.2, 0.25) is 5.02 Å². The standard InChI is InChI=1S/C16H12BrClFNO4/c1-23-15(21)10-5-3-4-6-20(14(10)16(22)24-2)12-8-9(17)7-11(18)13(12)19/h3-8H,1-2H3. The van der Waals surface area contributed by atoms with Crippen molar-refractivity contribution in [3.05, 3.63) is 63.1 Å². The van der Waals surface area contributed by atoms with Gasteiger partial charge in [0.25, 0.3) is 0 Å². The number of rotatable bonds is 3. The third-order valence-corrected chi connectivity index (χ3v) is 3.86. The lowest BCUT2D eigenvalue weighted by molar-refractivity contribution is -0.139. The average Bonchev–Trinajstić information content (AvgIpc) is 2.79. The van der Waals surface area contributed by atoms with Crippen molar-refractivity contribution in [1.29, 1.82) is 0 Å². The molecule has 1 aliphatic heterocycles. The van der Waals surface area contributed by atoms with Crippen LogP contribution in [0.5, 0.6) is 0 Å². The number of esters is 2. The molecule has 24 heavy (non-hydrogen) atoms. The fraction of sp³-hybridized carbons (Fsp3) is 0.125. The summed E-state index contributed by atoms with van der Waals surface area (Å²) >= 11 is 9.09. The zero-order chi connectivity index (χ0) is 17.9. The number of methoxy groups -OCH3 is 2. The van der Waals surface area contributed by atoms with Gasteiger partial charge in [-0.2, -0.15) is 0 Å². The first kappa shape index (κ1) is 18.2.